The van der Waals surface area contributed by atoms with Crippen molar-refractivity contribution in [3.63, 3.8) is 0 Å². The molecule has 2 aromatic heterocycles. The van der Waals surface area contributed by atoms with Crippen molar-refractivity contribution in [3.05, 3.63) is 65.7 Å². The summed E-state index contributed by atoms with van der Waals surface area (Å²) in [6.07, 6.45) is 4.43. The number of pyridine rings is 1. The topological polar surface area (TPSA) is 98.9 Å². The number of anilines is 3. The van der Waals surface area contributed by atoms with Crippen LogP contribution < -0.4 is 10.6 Å². The van der Waals surface area contributed by atoms with Crippen molar-refractivity contribution in [3.8, 4) is 0 Å². The Labute approximate surface area is 169 Å². The molecule has 0 unspecified atom stereocenters. The van der Waals surface area contributed by atoms with Crippen LogP contribution in [0.2, 0.25) is 0 Å². The van der Waals surface area contributed by atoms with Gasteiger partial charge in [-0.1, -0.05) is 18.2 Å². The molecule has 29 heavy (non-hydrogen) atoms. The molecule has 9 heteroatoms. The van der Waals surface area contributed by atoms with Crippen LogP contribution >= 0.6 is 0 Å². The van der Waals surface area contributed by atoms with Gasteiger partial charge in [0, 0.05) is 69.6 Å². The number of nitrogens with one attached hydrogen (secondary N) is 3. The first-order chi connectivity index (χ1) is 14.0. The van der Waals surface area contributed by atoms with Gasteiger partial charge < -0.3 is 20.9 Å². The van der Waals surface area contributed by atoms with Crippen molar-refractivity contribution < 1.29 is 10.6 Å². The number of carbonyl (C=O) groups excluding carboxylic acids is 1. The highest BCUT2D eigenvalue weighted by Gasteiger charge is 2.09. The van der Waals surface area contributed by atoms with E-state index >= 15 is 0 Å². The van der Waals surface area contributed by atoms with Gasteiger partial charge in [-0.25, -0.2) is 9.37 Å². The highest BCUT2D eigenvalue weighted by molar-refractivity contribution is 5.86. The van der Waals surface area contributed by atoms with Gasteiger partial charge in [0.2, 0.25) is 5.91 Å². The lowest BCUT2D eigenvalue weighted by molar-refractivity contribution is -0.129. The number of likely N-dealkylation sites (N-methyl/N-ethyl adjacent to an activating group) is 1. The van der Waals surface area contributed by atoms with Gasteiger partial charge >= 0.3 is 0 Å². The van der Waals surface area contributed by atoms with Crippen LogP contribution in [0.25, 0.3) is 0 Å². The maximum absolute atomic E-state index is 13.8. The van der Waals surface area contributed by atoms with Crippen LogP contribution in [0, 0.1) is 11.2 Å². The average Bonchev–Trinajstić information content (AvgIpc) is 3.14. The molecule has 0 aliphatic heterocycles. The summed E-state index contributed by atoms with van der Waals surface area (Å²) < 4.78 is 15.4. The summed E-state index contributed by atoms with van der Waals surface area (Å²) in [5.74, 6) is 0.692. The standard InChI is InChI=1S/C20H22FN7O.H2/c1-27(2)20(29)13-28-8-7-18(26-28)25-19-9-17(15(10-22)12-24-19)23-11-14-5-3-4-6-16(14)21;/h3-10,12,22H,11,13H2,1-2H3,(H2,23,24,25,26);1H. The quantitative estimate of drug-likeness (QED) is 0.507. The molecule has 0 aliphatic carbocycles. The van der Waals surface area contributed by atoms with Gasteiger partial charge in [0.05, 0.1) is 0 Å². The molecule has 0 spiro atoms. The minimum Gasteiger partial charge on any atom is -0.380 e. The van der Waals surface area contributed by atoms with Gasteiger partial charge in [0.1, 0.15) is 18.2 Å². The van der Waals surface area contributed by atoms with E-state index in [4.69, 9.17) is 5.41 Å². The van der Waals surface area contributed by atoms with Crippen molar-refractivity contribution in [1.82, 2.24) is 19.7 Å². The van der Waals surface area contributed by atoms with Crippen LogP contribution in [-0.4, -0.2) is 45.9 Å². The lowest BCUT2D eigenvalue weighted by Crippen LogP contribution is -2.26. The third kappa shape index (κ3) is 5.16. The lowest BCUT2D eigenvalue weighted by Gasteiger charge is -2.12. The first kappa shape index (κ1) is 20.0. The van der Waals surface area contributed by atoms with Gasteiger partial charge in [-0.15, -0.1) is 0 Å². The fourth-order valence-electron chi connectivity index (χ4n) is 2.56. The van der Waals surface area contributed by atoms with E-state index in [0.29, 0.717) is 28.5 Å². The van der Waals surface area contributed by atoms with E-state index in [9.17, 15) is 9.18 Å². The molecule has 0 saturated heterocycles. The first-order valence-corrected chi connectivity index (χ1v) is 8.94. The van der Waals surface area contributed by atoms with Crippen molar-refractivity contribution in [2.75, 3.05) is 24.7 Å². The van der Waals surface area contributed by atoms with Crippen LogP contribution in [-0.2, 0) is 17.9 Å². The third-order valence-electron chi connectivity index (χ3n) is 4.21. The summed E-state index contributed by atoms with van der Waals surface area (Å²) in [7, 11) is 3.38. The Bertz CT molecular complexity index is 1020. The Morgan fingerprint density at radius 2 is 2.10 bits per heavy atom. The van der Waals surface area contributed by atoms with E-state index in [-0.39, 0.29) is 26.2 Å². The maximum Gasteiger partial charge on any atom is 0.243 e. The molecule has 0 atom stereocenters. The molecule has 0 aliphatic rings. The van der Waals surface area contributed by atoms with E-state index < -0.39 is 0 Å². The molecule has 3 rings (SSSR count). The second-order valence-electron chi connectivity index (χ2n) is 6.56. The number of aromatic nitrogens is 3. The Kier molecular flexibility index (Phi) is 6.18. The fraction of sp³-hybridized carbons (Fsp3) is 0.200. The minimum absolute atomic E-state index is 0. The summed E-state index contributed by atoms with van der Waals surface area (Å²) >= 11 is 0. The van der Waals surface area contributed by atoms with E-state index in [1.54, 1.807) is 56.8 Å². The van der Waals surface area contributed by atoms with Crippen LogP contribution in [0.15, 0.2) is 48.8 Å². The number of hydrogen-bond acceptors (Lipinski definition) is 6. The number of rotatable bonds is 8. The van der Waals surface area contributed by atoms with Crippen LogP contribution in [0.1, 0.15) is 12.6 Å². The van der Waals surface area contributed by atoms with Crippen molar-refractivity contribution in [1.29, 1.82) is 5.41 Å². The van der Waals surface area contributed by atoms with Gasteiger partial charge in [0.25, 0.3) is 0 Å². The van der Waals surface area contributed by atoms with Crippen LogP contribution in [0.4, 0.5) is 21.7 Å². The Morgan fingerprint density at radius 3 is 2.83 bits per heavy atom. The minimum atomic E-state index is -0.290. The predicted octanol–water partition coefficient (Wildman–Crippen LogP) is 3.10. The Balaban J connectivity index is 0.00000320. The molecular weight excluding hydrogens is 373 g/mol. The second kappa shape index (κ2) is 8.96. The first-order valence-electron chi connectivity index (χ1n) is 8.94. The number of hydrogen-bond donors (Lipinski definition) is 3. The van der Waals surface area contributed by atoms with Gasteiger partial charge in [-0.3, -0.25) is 9.48 Å². The molecule has 0 fully saturated rings. The number of halogens is 1. The molecule has 8 nitrogen and oxygen atoms in total. The summed E-state index contributed by atoms with van der Waals surface area (Å²) in [6, 6.07) is 9.99. The zero-order chi connectivity index (χ0) is 20.8. The number of benzene rings is 1. The van der Waals surface area contributed by atoms with Crippen molar-refractivity contribution >= 4 is 29.4 Å². The molecule has 0 saturated carbocycles. The highest BCUT2D eigenvalue weighted by Crippen LogP contribution is 2.21. The molecule has 3 aromatic rings. The second-order valence-corrected chi connectivity index (χ2v) is 6.56. The van der Waals surface area contributed by atoms with E-state index in [1.807, 2.05) is 0 Å². The Hall–Kier alpha value is -3.75. The Morgan fingerprint density at radius 1 is 1.31 bits per heavy atom. The zero-order valence-corrected chi connectivity index (χ0v) is 16.2. The summed E-state index contributed by atoms with van der Waals surface area (Å²) in [5.41, 5.74) is 1.75. The zero-order valence-electron chi connectivity index (χ0n) is 16.2. The lowest BCUT2D eigenvalue weighted by atomic mass is 10.2. The largest absolute Gasteiger partial charge is 0.380 e. The van der Waals surface area contributed by atoms with Crippen LogP contribution in [0.5, 0.6) is 0 Å². The molecule has 2 heterocycles. The van der Waals surface area contributed by atoms with E-state index in [1.165, 1.54) is 21.9 Å². The molecule has 3 N–H and O–H groups in total. The predicted molar refractivity (Wildman–Crippen MR) is 112 cm³/mol. The van der Waals surface area contributed by atoms with E-state index in [0.717, 1.165) is 0 Å². The number of amides is 1. The molecule has 0 radical (unpaired) electrons. The molecule has 1 aromatic carbocycles. The van der Waals surface area contributed by atoms with Crippen molar-refractivity contribution in [2.45, 2.75) is 13.1 Å². The SMILES string of the molecule is CN(C)C(=O)Cn1ccc(Nc2cc(NCc3ccccc3F)c(C=N)cn2)n1.[HH]. The number of nitrogens with zero attached hydrogens (tertiary/aromatic N) is 4. The van der Waals surface area contributed by atoms with Gasteiger partial charge in [-0.05, 0) is 6.07 Å². The summed E-state index contributed by atoms with van der Waals surface area (Å²) in [5, 5.41) is 18.1. The normalized spacial score (nSPS) is 10.4. The fourth-order valence-corrected chi connectivity index (χ4v) is 2.56. The van der Waals surface area contributed by atoms with E-state index in [2.05, 4.69) is 20.7 Å². The monoisotopic (exact) mass is 397 g/mol. The molecule has 1 amide bonds. The van der Waals surface area contributed by atoms with Gasteiger partial charge in [-0.2, -0.15) is 5.10 Å². The summed E-state index contributed by atoms with van der Waals surface area (Å²) in [4.78, 5) is 17.6. The smallest absolute Gasteiger partial charge is 0.243 e. The molecule has 0 bridgehead atoms. The van der Waals surface area contributed by atoms with Gasteiger partial charge in [0.15, 0.2) is 5.82 Å². The van der Waals surface area contributed by atoms with Crippen LogP contribution in [0.3, 0.4) is 0 Å². The maximum atomic E-state index is 13.8. The number of carbonyl (C=O) groups is 1. The highest BCUT2D eigenvalue weighted by atomic mass is 19.1. The molecular formula is C20H24FN7O. The summed E-state index contributed by atoms with van der Waals surface area (Å²) in [6.45, 7) is 0.419. The van der Waals surface area contributed by atoms with Crippen molar-refractivity contribution in [2.24, 2.45) is 0 Å². The molecule has 152 valence electrons. The third-order valence-corrected chi connectivity index (χ3v) is 4.21. The average molecular weight is 397 g/mol.